The van der Waals surface area contributed by atoms with Crippen molar-refractivity contribution < 1.29 is 4.70 Å². The Hall–Kier alpha value is -2.13. The van der Waals surface area contributed by atoms with Gasteiger partial charge in [-0.3, -0.25) is 0 Å². The van der Waals surface area contributed by atoms with Gasteiger partial charge in [-0.25, -0.2) is 0 Å². The molecule has 1 aliphatic carbocycles. The van der Waals surface area contributed by atoms with Crippen molar-refractivity contribution in [3.63, 3.8) is 0 Å². The molecule has 0 spiro atoms. The summed E-state index contributed by atoms with van der Waals surface area (Å²) in [7, 11) is 0. The molecule has 0 saturated carbocycles. The van der Waals surface area contributed by atoms with Crippen molar-refractivity contribution in [2.24, 2.45) is 10.3 Å². The number of nitrogens with one attached hydrogen (secondary N) is 1. The van der Waals surface area contributed by atoms with E-state index in [1.807, 2.05) is 23.0 Å². The summed E-state index contributed by atoms with van der Waals surface area (Å²) in [6.07, 6.45) is 6.09. The minimum Gasteiger partial charge on any atom is -0.126 e. The zero-order valence-electron chi connectivity index (χ0n) is 13.1. The average molecular weight is 410 g/mol. The van der Waals surface area contributed by atoms with E-state index in [9.17, 15) is 0 Å². The van der Waals surface area contributed by atoms with Gasteiger partial charge in [0.15, 0.2) is 6.04 Å². The average Bonchev–Trinajstić information content (AvgIpc) is 2.67. The predicted octanol–water partition coefficient (Wildman–Crippen LogP) is 5.40. The van der Waals surface area contributed by atoms with E-state index in [-0.39, 0.29) is 6.04 Å². The van der Waals surface area contributed by atoms with Gasteiger partial charge in [0.2, 0.25) is 0 Å². The fourth-order valence-electron chi connectivity index (χ4n) is 3.56. The third-order valence-electron chi connectivity index (χ3n) is 4.73. The number of hydrazone groups is 1. The number of hydrogen-bond donors (Lipinski definition) is 1. The highest BCUT2D eigenvalue weighted by Crippen LogP contribution is 2.42. The first-order chi connectivity index (χ1) is 12.6. The van der Waals surface area contributed by atoms with Crippen molar-refractivity contribution in [1.82, 2.24) is 5.53 Å². The summed E-state index contributed by atoms with van der Waals surface area (Å²) < 4.78 is 3.90. The molecule has 0 fully saturated rings. The third kappa shape index (κ3) is 2.13. The second-order valence-electron chi connectivity index (χ2n) is 6.11. The highest BCUT2D eigenvalue weighted by molar-refractivity contribution is 7.76. The molecule has 2 aliphatic heterocycles. The van der Waals surface area contributed by atoms with Crippen LogP contribution in [0.4, 0.5) is 0 Å². The Labute approximate surface area is 169 Å². The molecule has 5 rings (SSSR count). The Morgan fingerprint density at radius 3 is 2.65 bits per heavy atom. The van der Waals surface area contributed by atoms with Crippen LogP contribution in [0.2, 0.25) is 0 Å². The molecule has 0 amide bonds. The molecule has 1 unspecified atom stereocenters. The standard InChI is InChI=1S/C18H8N4S4/c23-12-7-11(16(24)18(26)17(12)25)10-6-9-3-1-2-8-4-5-22-15(13(8)9)14(10)19-20-21-22/h1-7,15H/p+1. The van der Waals surface area contributed by atoms with Crippen molar-refractivity contribution in [3.8, 4) is 0 Å². The van der Waals surface area contributed by atoms with Crippen LogP contribution in [0.25, 0.3) is 17.7 Å². The second-order valence-corrected chi connectivity index (χ2v) is 7.78. The summed E-state index contributed by atoms with van der Waals surface area (Å²) in [6.45, 7) is 0. The minimum atomic E-state index is -0.104. The Balaban J connectivity index is 1.88. The topological polar surface area (TPSA) is 39.8 Å². The Morgan fingerprint density at radius 1 is 1.00 bits per heavy atom. The maximum atomic E-state index is 5.60. The lowest BCUT2D eigenvalue weighted by Crippen LogP contribution is -2.34. The van der Waals surface area contributed by atoms with Crippen LogP contribution < -0.4 is 5.53 Å². The molecular weight excluding hydrogens is 400 g/mol. The van der Waals surface area contributed by atoms with E-state index in [2.05, 4.69) is 40.1 Å². The summed E-state index contributed by atoms with van der Waals surface area (Å²) >= 11 is 21.7. The fourth-order valence-corrected chi connectivity index (χ4v) is 4.56. The van der Waals surface area contributed by atoms with E-state index >= 15 is 0 Å². The van der Waals surface area contributed by atoms with Crippen molar-refractivity contribution in [3.05, 3.63) is 70.8 Å². The Morgan fingerprint density at radius 2 is 1.81 bits per heavy atom. The van der Waals surface area contributed by atoms with Crippen LogP contribution in [0.15, 0.2) is 40.8 Å². The first kappa shape index (κ1) is 16.1. The van der Waals surface area contributed by atoms with Gasteiger partial charge in [-0.15, -0.1) is 4.70 Å². The lowest BCUT2D eigenvalue weighted by Gasteiger charge is -2.29. The summed E-state index contributed by atoms with van der Waals surface area (Å²) in [5.74, 6) is 0. The van der Waals surface area contributed by atoms with Gasteiger partial charge in [0.1, 0.15) is 17.1 Å². The van der Waals surface area contributed by atoms with Gasteiger partial charge in [0.05, 0.1) is 18.0 Å². The van der Waals surface area contributed by atoms with Gasteiger partial charge in [-0.2, -0.15) is 0 Å². The molecule has 3 aliphatic rings. The smallest absolute Gasteiger partial charge is 0.126 e. The van der Waals surface area contributed by atoms with Gasteiger partial charge in [0.25, 0.3) is 0 Å². The normalized spacial score (nSPS) is 19.1. The number of hydrogen-bond acceptors (Lipinski definition) is 7. The molecule has 0 radical (unpaired) electrons. The van der Waals surface area contributed by atoms with E-state index in [1.54, 1.807) is 0 Å². The molecule has 2 heterocycles. The maximum absolute atomic E-state index is 5.60. The molecule has 0 aromatic heterocycles. The van der Waals surface area contributed by atoms with Crippen LogP contribution >= 0.6 is 48.9 Å². The van der Waals surface area contributed by atoms with Crippen LogP contribution in [-0.4, -0.2) is 10.4 Å². The number of rotatable bonds is 1. The fraction of sp³-hybridized carbons (Fsp3) is 0.0556. The Bertz CT molecular complexity index is 1340. The first-order valence-electron chi connectivity index (χ1n) is 7.80. The largest absolute Gasteiger partial charge is 0.195 e. The third-order valence-corrected chi connectivity index (χ3v) is 6.70. The summed E-state index contributed by atoms with van der Waals surface area (Å²) in [5.41, 5.74) is 8.76. The van der Waals surface area contributed by atoms with Crippen LogP contribution in [-0.2, 0) is 0 Å². The summed E-state index contributed by atoms with van der Waals surface area (Å²) in [4.78, 5) is 0. The molecule has 0 saturated heterocycles. The molecular formula is C18H9N4S4+. The lowest BCUT2D eigenvalue weighted by molar-refractivity contribution is -0.564. The van der Waals surface area contributed by atoms with E-state index < -0.39 is 0 Å². The van der Waals surface area contributed by atoms with Crippen molar-refractivity contribution in [2.45, 2.75) is 6.04 Å². The molecule has 1 N–H and O–H groups in total. The first-order valence-corrected chi connectivity index (χ1v) is 9.43. The monoisotopic (exact) mass is 409 g/mol. The van der Waals surface area contributed by atoms with Crippen LogP contribution in [0.3, 0.4) is 0 Å². The minimum absolute atomic E-state index is 0.104. The quantitative estimate of drug-likeness (QED) is 0.504. The lowest BCUT2D eigenvalue weighted by atomic mass is 9.80. The summed E-state index contributed by atoms with van der Waals surface area (Å²) in [5, 5.41) is 8.75. The molecule has 1 atom stereocenters. The SMILES string of the molecule is S=c1cc(C2=Cc3cccc4c3C3C2=NNN=[N+]3C=C4)c(=S)c(=S)c1=S. The van der Waals surface area contributed by atoms with Crippen molar-refractivity contribution in [1.29, 1.82) is 0 Å². The van der Waals surface area contributed by atoms with Gasteiger partial charge in [0, 0.05) is 16.7 Å². The van der Waals surface area contributed by atoms with E-state index in [0.717, 1.165) is 28.0 Å². The zero-order valence-corrected chi connectivity index (χ0v) is 16.4. The van der Waals surface area contributed by atoms with E-state index in [0.29, 0.717) is 18.0 Å². The Kier molecular flexibility index (Phi) is 3.51. The van der Waals surface area contributed by atoms with Gasteiger partial charge < -0.3 is 0 Å². The molecule has 26 heavy (non-hydrogen) atoms. The van der Waals surface area contributed by atoms with E-state index in [4.69, 9.17) is 48.9 Å². The number of nitrogens with zero attached hydrogens (tertiary/aromatic N) is 3. The molecule has 2 aromatic rings. The zero-order chi connectivity index (χ0) is 18.0. The van der Waals surface area contributed by atoms with E-state index in [1.165, 1.54) is 5.56 Å². The van der Waals surface area contributed by atoms with Crippen molar-refractivity contribution >= 4 is 72.3 Å². The molecule has 4 nitrogen and oxygen atoms in total. The van der Waals surface area contributed by atoms with Crippen molar-refractivity contribution in [2.75, 3.05) is 0 Å². The molecule has 124 valence electrons. The maximum Gasteiger partial charge on any atom is 0.195 e. The van der Waals surface area contributed by atoms with Gasteiger partial charge in [-0.05, 0) is 29.3 Å². The van der Waals surface area contributed by atoms with Crippen LogP contribution in [0.5, 0.6) is 0 Å². The summed E-state index contributed by atoms with van der Waals surface area (Å²) in [6, 6.07) is 7.96. The molecule has 8 heteroatoms. The molecule has 0 bridgehead atoms. The number of benzene rings is 2. The van der Waals surface area contributed by atoms with Gasteiger partial charge in [-0.1, -0.05) is 77.7 Å². The highest BCUT2D eigenvalue weighted by Gasteiger charge is 2.40. The van der Waals surface area contributed by atoms with Crippen LogP contribution in [0, 0.1) is 18.0 Å². The molecule has 2 aromatic carbocycles. The van der Waals surface area contributed by atoms with Crippen LogP contribution in [0.1, 0.15) is 28.3 Å². The van der Waals surface area contributed by atoms with Gasteiger partial charge >= 0.3 is 0 Å². The predicted molar refractivity (Wildman–Crippen MR) is 111 cm³/mol. The highest BCUT2D eigenvalue weighted by atomic mass is 32.1. The second kappa shape index (κ2) is 5.68.